The van der Waals surface area contributed by atoms with Crippen LogP contribution in [-0.4, -0.2) is 61.6 Å². The number of hydrogen-bond acceptors (Lipinski definition) is 5. The smallest absolute Gasteiger partial charge is 0.247 e. The highest BCUT2D eigenvalue weighted by Gasteiger charge is 2.38. The zero-order valence-corrected chi connectivity index (χ0v) is 21.3. The molecule has 0 saturated heterocycles. The van der Waals surface area contributed by atoms with E-state index in [1.165, 1.54) is 16.4 Å². The van der Waals surface area contributed by atoms with Gasteiger partial charge in [-0.3, -0.25) is 4.90 Å². The molecule has 6 nitrogen and oxygen atoms in total. The molecule has 4 rings (SSSR count). The van der Waals surface area contributed by atoms with Gasteiger partial charge in [-0.15, -0.1) is 0 Å². The molecule has 1 aliphatic carbocycles. The van der Waals surface area contributed by atoms with Crippen LogP contribution in [0.25, 0.3) is 0 Å². The normalized spacial score (nSPS) is 22.8. The highest BCUT2D eigenvalue weighted by molar-refractivity contribution is 7.89. The summed E-state index contributed by atoms with van der Waals surface area (Å²) in [6.07, 6.45) is 1.91. The van der Waals surface area contributed by atoms with Gasteiger partial charge in [0.15, 0.2) is 0 Å². The number of benzene rings is 2. The SMILES string of the molecule is C[C@@H]1CN([C@@H](C)CO)S(=O)(=O)c2ccc(C#CC3CC3)cc2O[C@@H]1CN(C)Cc1ccc(F)cc1. The Morgan fingerprint density at radius 1 is 1.23 bits per heavy atom. The van der Waals surface area contributed by atoms with Crippen molar-refractivity contribution in [3.05, 3.63) is 59.4 Å². The van der Waals surface area contributed by atoms with Crippen LogP contribution >= 0.6 is 0 Å². The number of aliphatic hydroxyl groups excluding tert-OH is 1. The number of likely N-dealkylation sites (N-methyl/N-ethyl adjacent to an activating group) is 1. The van der Waals surface area contributed by atoms with Crippen molar-refractivity contribution in [2.45, 2.75) is 50.3 Å². The van der Waals surface area contributed by atoms with Crippen molar-refractivity contribution < 1.29 is 22.7 Å². The Kier molecular flexibility index (Phi) is 7.82. The molecule has 0 radical (unpaired) electrons. The van der Waals surface area contributed by atoms with Crippen LogP contribution in [0.5, 0.6) is 5.75 Å². The fourth-order valence-electron chi connectivity index (χ4n) is 4.21. The van der Waals surface area contributed by atoms with E-state index in [1.54, 1.807) is 37.3 Å². The Hall–Kier alpha value is -2.44. The van der Waals surface area contributed by atoms with Gasteiger partial charge in [0.05, 0.1) is 6.61 Å². The summed E-state index contributed by atoms with van der Waals surface area (Å²) in [4.78, 5) is 2.17. The second-order valence-corrected chi connectivity index (χ2v) is 11.6. The average Bonchev–Trinajstić information content (AvgIpc) is 3.65. The lowest BCUT2D eigenvalue weighted by Crippen LogP contribution is -2.49. The summed E-state index contributed by atoms with van der Waals surface area (Å²) in [7, 11) is -1.92. The summed E-state index contributed by atoms with van der Waals surface area (Å²) in [5, 5.41) is 9.79. The quantitative estimate of drug-likeness (QED) is 0.615. The molecule has 188 valence electrons. The number of rotatable bonds is 6. The molecule has 3 atom stereocenters. The minimum Gasteiger partial charge on any atom is -0.487 e. The molecule has 0 spiro atoms. The highest BCUT2D eigenvalue weighted by atomic mass is 32.2. The number of nitrogens with zero attached hydrogens (tertiary/aromatic N) is 2. The van der Waals surface area contributed by atoms with Crippen molar-refractivity contribution in [3.8, 4) is 17.6 Å². The van der Waals surface area contributed by atoms with E-state index in [0.29, 0.717) is 19.0 Å². The van der Waals surface area contributed by atoms with Gasteiger partial charge in [-0.2, -0.15) is 4.31 Å². The number of fused-ring (bicyclic) bond motifs is 1. The molecule has 1 fully saturated rings. The Morgan fingerprint density at radius 2 is 1.94 bits per heavy atom. The third kappa shape index (κ3) is 6.22. The van der Waals surface area contributed by atoms with E-state index in [1.807, 2.05) is 14.0 Å². The monoisotopic (exact) mass is 500 g/mol. The first-order valence-electron chi connectivity index (χ1n) is 12.1. The summed E-state index contributed by atoms with van der Waals surface area (Å²) >= 11 is 0. The molecule has 0 amide bonds. The summed E-state index contributed by atoms with van der Waals surface area (Å²) in [6, 6.07) is 10.8. The van der Waals surface area contributed by atoms with Gasteiger partial charge in [0.25, 0.3) is 0 Å². The van der Waals surface area contributed by atoms with Gasteiger partial charge in [-0.1, -0.05) is 30.9 Å². The molecule has 2 aromatic carbocycles. The summed E-state index contributed by atoms with van der Waals surface area (Å²) in [6.45, 7) is 4.76. The first kappa shape index (κ1) is 25.6. The van der Waals surface area contributed by atoms with Crippen LogP contribution in [0.4, 0.5) is 4.39 Å². The Labute approximate surface area is 207 Å². The summed E-state index contributed by atoms with van der Waals surface area (Å²) in [5.41, 5.74) is 1.70. The van der Waals surface area contributed by atoms with E-state index in [-0.39, 0.29) is 41.6 Å². The van der Waals surface area contributed by atoms with Gasteiger partial charge in [0.2, 0.25) is 10.0 Å². The van der Waals surface area contributed by atoms with Gasteiger partial charge in [-0.05, 0) is 62.7 Å². The Bertz CT molecular complexity index is 1200. The molecule has 35 heavy (non-hydrogen) atoms. The van der Waals surface area contributed by atoms with Crippen LogP contribution in [0, 0.1) is 29.5 Å². The lowest BCUT2D eigenvalue weighted by atomic mass is 10.0. The van der Waals surface area contributed by atoms with Crippen molar-refractivity contribution in [1.82, 2.24) is 9.21 Å². The standard InChI is InChI=1S/C27H33FN2O4S/c1-19-15-30(20(2)18-31)35(32,33)27-13-10-22(7-6-21-4-5-21)14-25(27)34-26(19)17-29(3)16-23-8-11-24(28)12-9-23/h8-14,19-21,26,31H,4-5,15-18H2,1-3H3/t19-,20+,26-/m1/s1. The molecule has 1 aliphatic heterocycles. The van der Waals surface area contributed by atoms with Crippen molar-refractivity contribution in [2.75, 3.05) is 26.7 Å². The minimum atomic E-state index is -3.88. The molecule has 2 aliphatic rings. The maximum Gasteiger partial charge on any atom is 0.247 e. The van der Waals surface area contributed by atoms with E-state index >= 15 is 0 Å². The van der Waals surface area contributed by atoms with E-state index < -0.39 is 16.1 Å². The largest absolute Gasteiger partial charge is 0.487 e. The zero-order chi connectivity index (χ0) is 25.2. The van der Waals surface area contributed by atoms with Crippen LogP contribution in [0.1, 0.15) is 37.8 Å². The van der Waals surface area contributed by atoms with Crippen LogP contribution in [0.2, 0.25) is 0 Å². The molecule has 1 heterocycles. The van der Waals surface area contributed by atoms with Gasteiger partial charge in [0.1, 0.15) is 22.6 Å². The molecule has 0 bridgehead atoms. The van der Waals surface area contributed by atoms with Crippen LogP contribution in [0.3, 0.4) is 0 Å². The van der Waals surface area contributed by atoms with E-state index in [0.717, 1.165) is 24.0 Å². The molecule has 1 saturated carbocycles. The average molecular weight is 501 g/mol. The van der Waals surface area contributed by atoms with Gasteiger partial charge in [0, 0.05) is 43.1 Å². The second kappa shape index (κ2) is 10.7. The number of sulfonamides is 1. The van der Waals surface area contributed by atoms with Crippen molar-refractivity contribution >= 4 is 10.0 Å². The molecule has 1 N–H and O–H groups in total. The zero-order valence-electron chi connectivity index (χ0n) is 20.4. The maximum absolute atomic E-state index is 13.6. The number of aliphatic hydroxyl groups is 1. The maximum atomic E-state index is 13.6. The highest BCUT2D eigenvalue weighted by Crippen LogP contribution is 2.34. The topological polar surface area (TPSA) is 70.1 Å². The lowest BCUT2D eigenvalue weighted by Gasteiger charge is -2.37. The van der Waals surface area contributed by atoms with Crippen molar-refractivity contribution in [3.63, 3.8) is 0 Å². The van der Waals surface area contributed by atoms with Crippen LogP contribution < -0.4 is 4.74 Å². The van der Waals surface area contributed by atoms with Gasteiger partial charge in [-0.25, -0.2) is 12.8 Å². The third-order valence-corrected chi connectivity index (χ3v) is 8.54. The Balaban J connectivity index is 1.65. The van der Waals surface area contributed by atoms with Crippen LogP contribution in [0.15, 0.2) is 47.4 Å². The second-order valence-electron chi connectivity index (χ2n) is 9.77. The fourth-order valence-corrected chi connectivity index (χ4v) is 6.03. The van der Waals surface area contributed by atoms with E-state index in [2.05, 4.69) is 16.7 Å². The fraction of sp³-hybridized carbons (Fsp3) is 0.481. The summed E-state index contributed by atoms with van der Waals surface area (Å²) < 4.78 is 48.2. The predicted molar refractivity (Wildman–Crippen MR) is 133 cm³/mol. The lowest BCUT2D eigenvalue weighted by molar-refractivity contribution is 0.0733. The number of hydrogen-bond donors (Lipinski definition) is 1. The molecule has 2 aromatic rings. The minimum absolute atomic E-state index is 0.0906. The predicted octanol–water partition coefficient (Wildman–Crippen LogP) is 3.49. The number of halogens is 1. The molecule has 8 heteroatoms. The van der Waals surface area contributed by atoms with E-state index in [4.69, 9.17) is 4.74 Å². The van der Waals surface area contributed by atoms with E-state index in [9.17, 15) is 17.9 Å². The van der Waals surface area contributed by atoms with Gasteiger partial charge >= 0.3 is 0 Å². The third-order valence-electron chi connectivity index (χ3n) is 6.52. The summed E-state index contributed by atoms with van der Waals surface area (Å²) in [5.74, 6) is 6.65. The van der Waals surface area contributed by atoms with Crippen molar-refractivity contribution in [2.24, 2.45) is 11.8 Å². The molecule has 0 aromatic heterocycles. The Morgan fingerprint density at radius 3 is 2.60 bits per heavy atom. The van der Waals surface area contributed by atoms with Crippen molar-refractivity contribution in [1.29, 1.82) is 0 Å². The molecular formula is C27H33FN2O4S. The van der Waals surface area contributed by atoms with Crippen LogP contribution in [-0.2, 0) is 16.6 Å². The molecule has 0 unspecified atom stereocenters. The first-order valence-corrected chi connectivity index (χ1v) is 13.5. The molecular weight excluding hydrogens is 467 g/mol. The van der Waals surface area contributed by atoms with Gasteiger partial charge < -0.3 is 9.84 Å². The number of ether oxygens (including phenoxy) is 1. The first-order chi connectivity index (χ1) is 16.7.